The lowest BCUT2D eigenvalue weighted by Gasteiger charge is -1.98. The van der Waals surface area contributed by atoms with Crippen molar-refractivity contribution in [2.24, 2.45) is 0 Å². The van der Waals surface area contributed by atoms with E-state index in [0.29, 0.717) is 0 Å². The van der Waals surface area contributed by atoms with E-state index in [1.54, 1.807) is 0 Å². The Morgan fingerprint density at radius 1 is 0.647 bits per heavy atom. The molecular weight excluding hydrogens is 204 g/mol. The van der Waals surface area contributed by atoms with Crippen molar-refractivity contribution in [1.82, 2.24) is 0 Å². The lowest BCUT2D eigenvalue weighted by atomic mass is 10.1. The molecule has 0 heterocycles. The maximum atomic E-state index is 3.74. The molecule has 100 valence electrons. The Morgan fingerprint density at radius 2 is 1.12 bits per heavy atom. The molecule has 0 aromatic heterocycles. The molecule has 0 bridgehead atoms. The van der Waals surface area contributed by atoms with Gasteiger partial charge in [0.25, 0.3) is 0 Å². The second kappa shape index (κ2) is 15.5. The van der Waals surface area contributed by atoms with Crippen LogP contribution in [0.1, 0.15) is 84.0 Å². The molecule has 0 amide bonds. The van der Waals surface area contributed by atoms with Gasteiger partial charge >= 0.3 is 0 Å². The van der Waals surface area contributed by atoms with Crippen LogP contribution in [0.25, 0.3) is 0 Å². The molecule has 0 atom stereocenters. The van der Waals surface area contributed by atoms with Crippen LogP contribution >= 0.6 is 0 Å². The molecule has 0 fully saturated rings. The first-order valence-electron chi connectivity index (χ1n) is 7.67. The van der Waals surface area contributed by atoms with Gasteiger partial charge < -0.3 is 0 Å². The van der Waals surface area contributed by atoms with E-state index < -0.39 is 0 Å². The summed E-state index contributed by atoms with van der Waals surface area (Å²) in [6.45, 7) is 6.01. The van der Waals surface area contributed by atoms with Gasteiger partial charge in [-0.3, -0.25) is 0 Å². The van der Waals surface area contributed by atoms with Gasteiger partial charge in [0.1, 0.15) is 0 Å². The normalized spacial score (nSPS) is 11.1. The van der Waals surface area contributed by atoms with Crippen molar-refractivity contribution in [2.45, 2.75) is 84.0 Å². The first kappa shape index (κ1) is 16.5. The zero-order valence-corrected chi connectivity index (χ0v) is 11.9. The number of unbranched alkanes of at least 4 members (excludes halogenated alkanes) is 10. The molecule has 0 saturated heterocycles. The summed E-state index contributed by atoms with van der Waals surface area (Å²) in [5, 5.41) is 0. The fourth-order valence-corrected chi connectivity index (χ4v) is 2.01. The minimum Gasteiger partial charge on any atom is -0.103 e. The molecule has 17 heavy (non-hydrogen) atoms. The van der Waals surface area contributed by atoms with Gasteiger partial charge in [-0.2, -0.15) is 0 Å². The third-order valence-electron chi connectivity index (χ3n) is 3.17. The van der Waals surface area contributed by atoms with Gasteiger partial charge in [-0.1, -0.05) is 63.7 Å². The minimum atomic E-state index is 1.17. The predicted octanol–water partition coefficient (Wildman–Crippen LogP) is 6.43. The molecule has 0 aliphatic rings. The summed E-state index contributed by atoms with van der Waals surface area (Å²) in [5.41, 5.74) is 0. The van der Waals surface area contributed by atoms with E-state index in [1.807, 2.05) is 6.08 Å². The van der Waals surface area contributed by atoms with E-state index in [2.05, 4.69) is 25.7 Å². The van der Waals surface area contributed by atoms with Crippen LogP contribution in [0.4, 0.5) is 0 Å². The molecule has 0 saturated carbocycles. The summed E-state index contributed by atoms with van der Waals surface area (Å²) in [4.78, 5) is 0. The first-order valence-corrected chi connectivity index (χ1v) is 7.67. The van der Waals surface area contributed by atoms with Gasteiger partial charge in [0, 0.05) is 0 Å². The summed E-state index contributed by atoms with van der Waals surface area (Å²) >= 11 is 0. The van der Waals surface area contributed by atoms with Gasteiger partial charge in [0.15, 0.2) is 0 Å². The largest absolute Gasteiger partial charge is 0.103 e. The summed E-state index contributed by atoms with van der Waals surface area (Å²) in [7, 11) is 0. The zero-order valence-electron chi connectivity index (χ0n) is 11.9. The lowest BCUT2D eigenvalue weighted by molar-refractivity contribution is 0.592. The Labute approximate surface area is 109 Å². The molecule has 0 heteroatoms. The monoisotopic (exact) mass is 236 g/mol. The highest BCUT2D eigenvalue weighted by Gasteiger charge is 1.89. The molecule has 0 spiro atoms. The molecule has 0 aliphatic heterocycles. The highest BCUT2D eigenvalue weighted by Crippen LogP contribution is 2.09. The van der Waals surface area contributed by atoms with Crippen molar-refractivity contribution in [3.05, 3.63) is 24.8 Å². The summed E-state index contributed by atoms with van der Waals surface area (Å²) in [5.74, 6) is 0. The van der Waals surface area contributed by atoms with E-state index in [0.717, 1.165) is 0 Å². The highest BCUT2D eigenvalue weighted by atomic mass is 14.0. The van der Waals surface area contributed by atoms with Crippen LogP contribution in [0.2, 0.25) is 0 Å². The Morgan fingerprint density at radius 3 is 1.71 bits per heavy atom. The highest BCUT2D eigenvalue weighted by molar-refractivity contribution is 4.81. The van der Waals surface area contributed by atoms with Crippen LogP contribution in [-0.4, -0.2) is 0 Å². The van der Waals surface area contributed by atoms with Crippen molar-refractivity contribution in [2.75, 3.05) is 0 Å². The fourth-order valence-electron chi connectivity index (χ4n) is 2.01. The predicted molar refractivity (Wildman–Crippen MR) is 80.4 cm³/mol. The molecular formula is C17H32. The maximum Gasteiger partial charge on any atom is -0.0351 e. The standard InChI is InChI=1S/C17H32/c1-3-5-7-9-11-13-15-17-16-14-12-10-8-6-4-2/h3,13,15H,1,4-12,14,16-17H2,2H3. The van der Waals surface area contributed by atoms with Crippen LogP contribution in [0, 0.1) is 0 Å². The first-order chi connectivity index (χ1) is 8.41. The zero-order chi connectivity index (χ0) is 12.6. The minimum absolute atomic E-state index is 1.17. The molecule has 0 rings (SSSR count). The summed E-state index contributed by atoms with van der Waals surface area (Å²) < 4.78 is 0. The van der Waals surface area contributed by atoms with E-state index in [1.165, 1.54) is 77.0 Å². The molecule has 0 unspecified atom stereocenters. The van der Waals surface area contributed by atoms with E-state index in [9.17, 15) is 0 Å². The van der Waals surface area contributed by atoms with Crippen LogP contribution in [0.15, 0.2) is 24.8 Å². The third-order valence-corrected chi connectivity index (χ3v) is 3.17. The van der Waals surface area contributed by atoms with E-state index >= 15 is 0 Å². The van der Waals surface area contributed by atoms with Crippen molar-refractivity contribution >= 4 is 0 Å². The summed E-state index contributed by atoms with van der Waals surface area (Å²) in [6, 6.07) is 0. The topological polar surface area (TPSA) is 0 Å². The summed E-state index contributed by atoms with van der Waals surface area (Å²) in [6.07, 6.45) is 23.0. The molecule has 0 aromatic carbocycles. The van der Waals surface area contributed by atoms with Crippen molar-refractivity contribution < 1.29 is 0 Å². The van der Waals surface area contributed by atoms with Gasteiger partial charge in [0.2, 0.25) is 0 Å². The lowest BCUT2D eigenvalue weighted by Crippen LogP contribution is -1.79. The van der Waals surface area contributed by atoms with E-state index in [4.69, 9.17) is 0 Å². The van der Waals surface area contributed by atoms with Crippen molar-refractivity contribution in [1.29, 1.82) is 0 Å². The second-order valence-corrected chi connectivity index (χ2v) is 4.95. The van der Waals surface area contributed by atoms with Gasteiger partial charge in [-0.05, 0) is 38.5 Å². The maximum absolute atomic E-state index is 3.74. The third kappa shape index (κ3) is 15.5. The Balaban J connectivity index is 3.01. The van der Waals surface area contributed by atoms with Crippen LogP contribution in [-0.2, 0) is 0 Å². The number of hydrogen-bond donors (Lipinski definition) is 0. The Kier molecular flexibility index (Phi) is 15.0. The number of allylic oxidation sites excluding steroid dienone is 3. The fraction of sp³-hybridized carbons (Fsp3) is 0.765. The second-order valence-electron chi connectivity index (χ2n) is 4.95. The smallest absolute Gasteiger partial charge is 0.0351 e. The van der Waals surface area contributed by atoms with Crippen molar-refractivity contribution in [3.63, 3.8) is 0 Å². The van der Waals surface area contributed by atoms with E-state index in [-0.39, 0.29) is 0 Å². The Bertz CT molecular complexity index is 167. The van der Waals surface area contributed by atoms with Crippen LogP contribution < -0.4 is 0 Å². The average Bonchev–Trinajstić information content (AvgIpc) is 2.35. The molecule has 0 N–H and O–H groups in total. The van der Waals surface area contributed by atoms with Crippen LogP contribution in [0.3, 0.4) is 0 Å². The van der Waals surface area contributed by atoms with Crippen LogP contribution in [0.5, 0.6) is 0 Å². The molecule has 0 radical (unpaired) electrons. The van der Waals surface area contributed by atoms with Crippen molar-refractivity contribution in [3.8, 4) is 0 Å². The van der Waals surface area contributed by atoms with Gasteiger partial charge in [0.05, 0.1) is 0 Å². The number of rotatable bonds is 13. The molecule has 0 nitrogen and oxygen atoms in total. The van der Waals surface area contributed by atoms with Gasteiger partial charge in [-0.15, -0.1) is 6.58 Å². The SMILES string of the molecule is C=CCCCCC=CCCCCCCCCC. The molecule has 0 aliphatic carbocycles. The average molecular weight is 236 g/mol. The Hall–Kier alpha value is -0.520. The quantitative estimate of drug-likeness (QED) is 0.255. The molecule has 0 aromatic rings. The van der Waals surface area contributed by atoms with Gasteiger partial charge in [-0.25, -0.2) is 0 Å². The number of hydrogen-bond acceptors (Lipinski definition) is 0.